The molecule has 106 valence electrons. The van der Waals surface area contributed by atoms with E-state index in [-0.39, 0.29) is 5.91 Å². The minimum Gasteiger partial charge on any atom is -0.486 e. The Morgan fingerprint density at radius 3 is 2.90 bits per heavy atom. The molecule has 4 nitrogen and oxygen atoms in total. The van der Waals surface area contributed by atoms with Crippen molar-refractivity contribution in [1.82, 2.24) is 10.3 Å². The summed E-state index contributed by atoms with van der Waals surface area (Å²) >= 11 is 1.52. The molecule has 0 aliphatic heterocycles. The summed E-state index contributed by atoms with van der Waals surface area (Å²) in [6.07, 6.45) is 1.28. The zero-order chi connectivity index (χ0) is 14.2. The van der Waals surface area contributed by atoms with Gasteiger partial charge in [0.25, 0.3) is 0 Å². The predicted molar refractivity (Wildman–Crippen MR) is 79.9 cm³/mol. The standard InChI is InChI=1S/C15H18N2O2S/c1-2-8-16-14(18)9-12-11-20-15(17-12)10-19-13-6-4-3-5-7-13/h3-7,11H,2,8-10H2,1H3,(H,16,18). The lowest BCUT2D eigenvalue weighted by atomic mass is 10.3. The Morgan fingerprint density at radius 1 is 1.35 bits per heavy atom. The van der Waals surface area contributed by atoms with E-state index in [9.17, 15) is 4.79 Å². The Labute approximate surface area is 122 Å². The van der Waals surface area contributed by atoms with Gasteiger partial charge < -0.3 is 10.1 Å². The zero-order valence-electron chi connectivity index (χ0n) is 11.5. The predicted octanol–water partition coefficient (Wildman–Crippen LogP) is 2.79. The Morgan fingerprint density at radius 2 is 2.15 bits per heavy atom. The van der Waals surface area contributed by atoms with Crippen LogP contribution in [-0.2, 0) is 17.8 Å². The lowest BCUT2D eigenvalue weighted by molar-refractivity contribution is -0.120. The van der Waals surface area contributed by atoms with Crippen LogP contribution in [0.15, 0.2) is 35.7 Å². The average Bonchev–Trinajstić information content (AvgIpc) is 2.91. The van der Waals surface area contributed by atoms with Gasteiger partial charge in [0.2, 0.25) is 5.91 Å². The fourth-order valence-electron chi connectivity index (χ4n) is 1.65. The van der Waals surface area contributed by atoms with Crippen LogP contribution in [0.25, 0.3) is 0 Å². The van der Waals surface area contributed by atoms with Crippen LogP contribution in [0.2, 0.25) is 0 Å². The van der Waals surface area contributed by atoms with Gasteiger partial charge >= 0.3 is 0 Å². The summed E-state index contributed by atoms with van der Waals surface area (Å²) in [5, 5.41) is 5.64. The number of thiazole rings is 1. The van der Waals surface area contributed by atoms with Gasteiger partial charge in [-0.25, -0.2) is 4.98 Å². The van der Waals surface area contributed by atoms with E-state index in [2.05, 4.69) is 10.3 Å². The van der Waals surface area contributed by atoms with Crippen molar-refractivity contribution in [3.8, 4) is 5.75 Å². The van der Waals surface area contributed by atoms with Crippen LogP contribution in [-0.4, -0.2) is 17.4 Å². The molecular formula is C15H18N2O2S. The van der Waals surface area contributed by atoms with Gasteiger partial charge in [-0.15, -0.1) is 11.3 Å². The van der Waals surface area contributed by atoms with Crippen LogP contribution in [0.3, 0.4) is 0 Å². The van der Waals surface area contributed by atoms with Crippen LogP contribution in [0.4, 0.5) is 0 Å². The van der Waals surface area contributed by atoms with Crippen molar-refractivity contribution >= 4 is 17.2 Å². The number of benzene rings is 1. The molecule has 0 bridgehead atoms. The SMILES string of the molecule is CCCNC(=O)Cc1csc(COc2ccccc2)n1. The molecule has 0 saturated carbocycles. The number of amides is 1. The molecule has 1 heterocycles. The number of hydrogen-bond acceptors (Lipinski definition) is 4. The summed E-state index contributed by atoms with van der Waals surface area (Å²) < 4.78 is 5.62. The van der Waals surface area contributed by atoms with Gasteiger partial charge in [-0.2, -0.15) is 0 Å². The van der Waals surface area contributed by atoms with Crippen molar-refractivity contribution in [2.24, 2.45) is 0 Å². The lowest BCUT2D eigenvalue weighted by Gasteiger charge is -2.03. The summed E-state index contributed by atoms with van der Waals surface area (Å²) in [5.74, 6) is 0.845. The van der Waals surface area contributed by atoms with Crippen molar-refractivity contribution in [1.29, 1.82) is 0 Å². The first-order valence-electron chi connectivity index (χ1n) is 6.65. The second kappa shape index (κ2) is 7.65. The molecule has 2 aromatic rings. The molecule has 1 aromatic carbocycles. The van der Waals surface area contributed by atoms with Crippen LogP contribution in [0.5, 0.6) is 5.75 Å². The number of para-hydroxylation sites is 1. The molecule has 5 heteroatoms. The van der Waals surface area contributed by atoms with Crippen LogP contribution in [0, 0.1) is 0 Å². The molecule has 1 amide bonds. The molecule has 20 heavy (non-hydrogen) atoms. The second-order valence-corrected chi connectivity index (χ2v) is 5.30. The highest BCUT2D eigenvalue weighted by Gasteiger charge is 2.07. The smallest absolute Gasteiger partial charge is 0.226 e. The molecule has 0 saturated heterocycles. The molecule has 0 radical (unpaired) electrons. The van der Waals surface area contributed by atoms with E-state index < -0.39 is 0 Å². The topological polar surface area (TPSA) is 51.2 Å². The highest BCUT2D eigenvalue weighted by molar-refractivity contribution is 7.09. The van der Waals surface area contributed by atoms with E-state index >= 15 is 0 Å². The van der Waals surface area contributed by atoms with E-state index in [0.717, 1.165) is 22.9 Å². The second-order valence-electron chi connectivity index (χ2n) is 4.36. The largest absolute Gasteiger partial charge is 0.486 e. The van der Waals surface area contributed by atoms with Crippen molar-refractivity contribution in [2.45, 2.75) is 26.4 Å². The first-order valence-corrected chi connectivity index (χ1v) is 7.53. The number of carbonyl (C=O) groups excluding carboxylic acids is 1. The summed E-state index contributed by atoms with van der Waals surface area (Å²) in [5.41, 5.74) is 0.801. The number of aromatic nitrogens is 1. The molecule has 0 atom stereocenters. The monoisotopic (exact) mass is 290 g/mol. The summed E-state index contributed by atoms with van der Waals surface area (Å²) in [4.78, 5) is 16.0. The van der Waals surface area contributed by atoms with Crippen LogP contribution in [0.1, 0.15) is 24.0 Å². The minimum absolute atomic E-state index is 0.0210. The van der Waals surface area contributed by atoms with E-state index in [1.165, 1.54) is 11.3 Å². The van der Waals surface area contributed by atoms with Gasteiger partial charge in [0.15, 0.2) is 0 Å². The van der Waals surface area contributed by atoms with Crippen molar-refractivity contribution in [2.75, 3.05) is 6.54 Å². The Kier molecular flexibility index (Phi) is 5.55. The molecule has 1 N–H and O–H groups in total. The lowest BCUT2D eigenvalue weighted by Crippen LogP contribution is -2.25. The molecule has 0 aliphatic carbocycles. The quantitative estimate of drug-likeness (QED) is 0.853. The fraction of sp³-hybridized carbons (Fsp3) is 0.333. The first kappa shape index (κ1) is 14.5. The molecule has 0 fully saturated rings. The van der Waals surface area contributed by atoms with Gasteiger partial charge in [0.05, 0.1) is 12.1 Å². The number of hydrogen-bond donors (Lipinski definition) is 1. The zero-order valence-corrected chi connectivity index (χ0v) is 12.3. The number of ether oxygens (including phenoxy) is 1. The molecular weight excluding hydrogens is 272 g/mol. The van der Waals surface area contributed by atoms with Crippen molar-refractivity contribution in [3.63, 3.8) is 0 Å². The molecule has 2 rings (SSSR count). The third-order valence-electron chi connectivity index (χ3n) is 2.62. The summed E-state index contributed by atoms with van der Waals surface area (Å²) in [7, 11) is 0. The maximum Gasteiger partial charge on any atom is 0.226 e. The van der Waals surface area contributed by atoms with E-state index in [1.54, 1.807) is 0 Å². The Bertz CT molecular complexity index is 540. The van der Waals surface area contributed by atoms with Crippen LogP contribution < -0.4 is 10.1 Å². The van der Waals surface area contributed by atoms with Gasteiger partial charge in [-0.3, -0.25) is 4.79 Å². The van der Waals surface area contributed by atoms with Gasteiger partial charge in [0, 0.05) is 11.9 Å². The van der Waals surface area contributed by atoms with E-state index in [0.29, 0.717) is 19.6 Å². The normalized spacial score (nSPS) is 10.2. The maximum absolute atomic E-state index is 11.6. The number of carbonyl (C=O) groups is 1. The molecule has 0 spiro atoms. The third kappa shape index (κ3) is 4.66. The number of nitrogens with zero attached hydrogens (tertiary/aromatic N) is 1. The highest BCUT2D eigenvalue weighted by Crippen LogP contribution is 2.15. The third-order valence-corrected chi connectivity index (χ3v) is 3.49. The molecule has 0 unspecified atom stereocenters. The van der Waals surface area contributed by atoms with Gasteiger partial charge in [-0.05, 0) is 18.6 Å². The van der Waals surface area contributed by atoms with Crippen molar-refractivity contribution in [3.05, 3.63) is 46.4 Å². The Hall–Kier alpha value is -1.88. The summed E-state index contributed by atoms with van der Waals surface area (Å²) in [6.45, 7) is 3.18. The maximum atomic E-state index is 11.6. The number of nitrogens with one attached hydrogen (secondary N) is 1. The van der Waals surface area contributed by atoms with E-state index in [1.807, 2.05) is 42.6 Å². The summed E-state index contributed by atoms with van der Waals surface area (Å²) in [6, 6.07) is 9.63. The average molecular weight is 290 g/mol. The first-order chi connectivity index (χ1) is 9.78. The fourth-order valence-corrected chi connectivity index (χ4v) is 2.35. The molecule has 0 aliphatic rings. The Balaban J connectivity index is 1.81. The van der Waals surface area contributed by atoms with Gasteiger partial charge in [-0.1, -0.05) is 25.1 Å². The number of rotatable bonds is 7. The van der Waals surface area contributed by atoms with Crippen LogP contribution >= 0.6 is 11.3 Å². The van der Waals surface area contributed by atoms with Gasteiger partial charge in [0.1, 0.15) is 17.4 Å². The van der Waals surface area contributed by atoms with E-state index in [4.69, 9.17) is 4.74 Å². The minimum atomic E-state index is 0.0210. The van der Waals surface area contributed by atoms with Crippen molar-refractivity contribution < 1.29 is 9.53 Å². The highest BCUT2D eigenvalue weighted by atomic mass is 32.1. The molecule has 1 aromatic heterocycles.